The van der Waals surface area contributed by atoms with E-state index >= 15 is 0 Å². The van der Waals surface area contributed by atoms with E-state index in [4.69, 9.17) is 11.6 Å². The van der Waals surface area contributed by atoms with Gasteiger partial charge in [-0.3, -0.25) is 4.99 Å². The van der Waals surface area contributed by atoms with Crippen LogP contribution in [-0.4, -0.2) is 24.5 Å². The van der Waals surface area contributed by atoms with Gasteiger partial charge in [-0.1, -0.05) is 39.7 Å². The van der Waals surface area contributed by atoms with Crippen LogP contribution in [0.25, 0.3) is 0 Å². The van der Waals surface area contributed by atoms with Crippen LogP contribution in [0.2, 0.25) is 5.15 Å². The molecule has 0 spiro atoms. The summed E-state index contributed by atoms with van der Waals surface area (Å²) in [6, 6.07) is 8.69. The molecule has 130 valence electrons. The first-order valence-electron chi connectivity index (χ1n) is 7.07. The molecule has 0 aliphatic heterocycles. The summed E-state index contributed by atoms with van der Waals surface area (Å²) < 4.78 is 14.5. The van der Waals surface area contributed by atoms with Gasteiger partial charge in [0.05, 0.1) is 0 Å². The summed E-state index contributed by atoms with van der Waals surface area (Å²) >= 11 is 8.99. The zero-order chi connectivity index (χ0) is 16.7. The Kier molecular flexibility index (Phi) is 9.53. The lowest BCUT2D eigenvalue weighted by atomic mass is 10.2. The first-order chi connectivity index (χ1) is 11.1. The lowest BCUT2D eigenvalue weighted by molar-refractivity contribution is 0.604. The topological polar surface area (TPSA) is 49.3 Å². The maximum absolute atomic E-state index is 13.8. The van der Waals surface area contributed by atoms with Crippen molar-refractivity contribution < 1.29 is 4.39 Å². The number of hydrogen-bond donors (Lipinski definition) is 2. The van der Waals surface area contributed by atoms with E-state index < -0.39 is 0 Å². The van der Waals surface area contributed by atoms with Crippen molar-refractivity contribution in [2.45, 2.75) is 13.0 Å². The number of benzene rings is 1. The van der Waals surface area contributed by atoms with Gasteiger partial charge in [0, 0.05) is 36.4 Å². The van der Waals surface area contributed by atoms with Crippen LogP contribution in [0.3, 0.4) is 0 Å². The predicted octanol–water partition coefficient (Wildman–Crippen LogP) is 4.16. The first kappa shape index (κ1) is 21.1. The lowest BCUT2D eigenvalue weighted by Gasteiger charge is -2.12. The number of rotatable bonds is 5. The molecule has 8 heteroatoms. The van der Waals surface area contributed by atoms with Crippen LogP contribution in [0.5, 0.6) is 0 Å². The normalized spacial score (nSPS) is 10.9. The molecule has 0 saturated heterocycles. The minimum Gasteiger partial charge on any atom is -0.356 e. The Morgan fingerprint density at radius 1 is 1.29 bits per heavy atom. The van der Waals surface area contributed by atoms with Gasteiger partial charge in [-0.05, 0) is 30.2 Å². The van der Waals surface area contributed by atoms with Crippen molar-refractivity contribution in [2.24, 2.45) is 4.99 Å². The molecule has 0 saturated carbocycles. The third kappa shape index (κ3) is 6.90. The fourth-order valence-electron chi connectivity index (χ4n) is 1.94. The average molecular weight is 528 g/mol. The van der Waals surface area contributed by atoms with E-state index in [0.717, 1.165) is 16.5 Å². The van der Waals surface area contributed by atoms with Gasteiger partial charge in [0.2, 0.25) is 0 Å². The third-order valence-electron chi connectivity index (χ3n) is 3.18. The number of guanidine groups is 1. The minimum atomic E-state index is -0.255. The summed E-state index contributed by atoms with van der Waals surface area (Å²) in [7, 11) is 1.68. The fraction of sp³-hybridized carbons (Fsp3) is 0.250. The molecule has 0 fully saturated rings. The molecule has 2 N–H and O–H groups in total. The zero-order valence-corrected chi connectivity index (χ0v) is 17.7. The molecule has 0 unspecified atom stereocenters. The largest absolute Gasteiger partial charge is 0.356 e. The Balaban J connectivity index is 0.00000288. The molecule has 0 aliphatic carbocycles. The molecule has 4 nitrogen and oxygen atoms in total. The summed E-state index contributed by atoms with van der Waals surface area (Å²) in [5.41, 5.74) is 1.66. The number of pyridine rings is 1. The van der Waals surface area contributed by atoms with Gasteiger partial charge in [0.25, 0.3) is 0 Å². The molecule has 24 heavy (non-hydrogen) atoms. The van der Waals surface area contributed by atoms with Gasteiger partial charge in [0.15, 0.2) is 5.96 Å². The number of hydrogen-bond acceptors (Lipinski definition) is 2. The second-order valence-electron chi connectivity index (χ2n) is 4.83. The number of nitrogens with zero attached hydrogens (tertiary/aromatic N) is 2. The van der Waals surface area contributed by atoms with Crippen LogP contribution in [0.1, 0.15) is 11.1 Å². The highest BCUT2D eigenvalue weighted by atomic mass is 127. The van der Waals surface area contributed by atoms with Gasteiger partial charge in [-0.25, -0.2) is 9.37 Å². The standard InChI is InChI=1S/C16H17BrClFN4.HI/c1-20-16(21-7-6-11-2-5-15(18)22-9-11)23-10-12-3-4-13(17)8-14(12)19;/h2-5,8-9H,6-7,10H2,1H3,(H2,20,21,23);1H. The highest BCUT2D eigenvalue weighted by Gasteiger charge is 2.04. The third-order valence-corrected chi connectivity index (χ3v) is 3.90. The van der Waals surface area contributed by atoms with E-state index in [2.05, 4.69) is 36.5 Å². The molecule has 2 aromatic rings. The summed E-state index contributed by atoms with van der Waals surface area (Å²) in [6.45, 7) is 1.05. The van der Waals surface area contributed by atoms with Gasteiger partial charge < -0.3 is 10.6 Å². The van der Waals surface area contributed by atoms with Crippen molar-refractivity contribution >= 4 is 57.5 Å². The summed E-state index contributed by atoms with van der Waals surface area (Å²) in [6.07, 6.45) is 2.54. The molecular formula is C16H18BrClFIN4. The number of halogens is 4. The van der Waals surface area contributed by atoms with Gasteiger partial charge in [-0.2, -0.15) is 0 Å². The van der Waals surface area contributed by atoms with Gasteiger partial charge in [0.1, 0.15) is 11.0 Å². The Morgan fingerprint density at radius 3 is 2.71 bits per heavy atom. The fourth-order valence-corrected chi connectivity index (χ4v) is 2.39. The Bertz CT molecular complexity index is 682. The molecule has 0 atom stereocenters. The highest BCUT2D eigenvalue weighted by molar-refractivity contribution is 14.0. The van der Waals surface area contributed by atoms with Crippen LogP contribution in [-0.2, 0) is 13.0 Å². The van der Waals surface area contributed by atoms with Crippen molar-refractivity contribution in [1.82, 2.24) is 15.6 Å². The van der Waals surface area contributed by atoms with Crippen LogP contribution in [0.4, 0.5) is 4.39 Å². The van der Waals surface area contributed by atoms with E-state index in [1.165, 1.54) is 6.07 Å². The van der Waals surface area contributed by atoms with Crippen molar-refractivity contribution in [3.05, 3.63) is 63.1 Å². The van der Waals surface area contributed by atoms with Crippen LogP contribution in [0, 0.1) is 5.82 Å². The lowest BCUT2D eigenvalue weighted by Crippen LogP contribution is -2.38. The van der Waals surface area contributed by atoms with Gasteiger partial charge >= 0.3 is 0 Å². The molecule has 1 aromatic heterocycles. The molecule has 1 heterocycles. The quantitative estimate of drug-likeness (QED) is 0.266. The predicted molar refractivity (Wildman–Crippen MR) is 111 cm³/mol. The summed E-state index contributed by atoms with van der Waals surface area (Å²) in [4.78, 5) is 8.16. The Hall–Kier alpha value is -0.930. The molecule has 0 amide bonds. The number of aliphatic imine (C=N–C) groups is 1. The minimum absolute atomic E-state index is 0. The second kappa shape index (κ2) is 10.8. The van der Waals surface area contributed by atoms with E-state index in [0.29, 0.717) is 29.8 Å². The number of aromatic nitrogens is 1. The van der Waals surface area contributed by atoms with Gasteiger partial charge in [-0.15, -0.1) is 24.0 Å². The average Bonchev–Trinajstić information content (AvgIpc) is 2.54. The van der Waals surface area contributed by atoms with Crippen LogP contribution < -0.4 is 10.6 Å². The molecule has 0 radical (unpaired) electrons. The van der Waals surface area contributed by atoms with Crippen molar-refractivity contribution in [2.75, 3.05) is 13.6 Å². The molecular weight excluding hydrogens is 509 g/mol. The van der Waals surface area contributed by atoms with E-state index in [1.807, 2.05) is 12.1 Å². The SMILES string of the molecule is CN=C(NCCc1ccc(Cl)nc1)NCc1ccc(Br)cc1F.I. The highest BCUT2D eigenvalue weighted by Crippen LogP contribution is 2.14. The van der Waals surface area contributed by atoms with Crippen molar-refractivity contribution in [3.8, 4) is 0 Å². The molecule has 0 aliphatic rings. The Labute approximate surface area is 171 Å². The maximum Gasteiger partial charge on any atom is 0.191 e. The second-order valence-corrected chi connectivity index (χ2v) is 6.13. The summed E-state index contributed by atoms with van der Waals surface area (Å²) in [5.74, 6) is 0.365. The van der Waals surface area contributed by atoms with E-state index in [-0.39, 0.29) is 29.8 Å². The van der Waals surface area contributed by atoms with Crippen LogP contribution in [0.15, 0.2) is 46.0 Å². The van der Waals surface area contributed by atoms with Crippen LogP contribution >= 0.6 is 51.5 Å². The van der Waals surface area contributed by atoms with E-state index in [1.54, 1.807) is 25.4 Å². The molecule has 2 rings (SSSR count). The van der Waals surface area contributed by atoms with Crippen molar-refractivity contribution in [3.63, 3.8) is 0 Å². The molecule has 0 bridgehead atoms. The zero-order valence-electron chi connectivity index (χ0n) is 13.0. The van der Waals surface area contributed by atoms with E-state index in [9.17, 15) is 4.39 Å². The first-order valence-corrected chi connectivity index (χ1v) is 8.24. The maximum atomic E-state index is 13.8. The number of nitrogens with one attached hydrogen (secondary N) is 2. The monoisotopic (exact) mass is 526 g/mol. The Morgan fingerprint density at radius 2 is 2.08 bits per heavy atom. The molecule has 1 aromatic carbocycles. The summed E-state index contributed by atoms with van der Waals surface area (Å²) in [5, 5.41) is 6.75. The smallest absolute Gasteiger partial charge is 0.191 e. The van der Waals surface area contributed by atoms with Crippen molar-refractivity contribution in [1.29, 1.82) is 0 Å².